The lowest BCUT2D eigenvalue weighted by Crippen LogP contribution is -2.17. The molecule has 0 spiro atoms. The number of hydrogen-bond donors (Lipinski definition) is 1. The Kier molecular flexibility index (Phi) is 2.50. The normalized spacial score (nSPS) is 17.0. The molecule has 2 aromatic rings. The number of aromatic amines is 1. The Bertz CT molecular complexity index is 441. The lowest BCUT2D eigenvalue weighted by atomic mass is 10.3. The van der Waals surface area contributed by atoms with Crippen molar-refractivity contribution in [1.82, 2.24) is 15.1 Å². The first-order chi connectivity index (χ1) is 7.92. The summed E-state index contributed by atoms with van der Waals surface area (Å²) >= 11 is 0. The number of furan rings is 1. The maximum Gasteiger partial charge on any atom is 0.152 e. The molecule has 84 valence electrons. The van der Waals surface area contributed by atoms with Gasteiger partial charge in [0, 0.05) is 6.20 Å². The van der Waals surface area contributed by atoms with Crippen LogP contribution in [0.25, 0.3) is 11.5 Å². The van der Waals surface area contributed by atoms with Gasteiger partial charge in [-0.1, -0.05) is 0 Å². The second-order valence-electron chi connectivity index (χ2n) is 4.22. The van der Waals surface area contributed by atoms with Crippen LogP contribution in [-0.4, -0.2) is 28.2 Å². The van der Waals surface area contributed by atoms with Crippen LogP contribution in [0.3, 0.4) is 0 Å². The van der Waals surface area contributed by atoms with Gasteiger partial charge in [0.25, 0.3) is 0 Å². The highest BCUT2D eigenvalue weighted by Crippen LogP contribution is 2.21. The highest BCUT2D eigenvalue weighted by atomic mass is 16.3. The molecule has 1 aliphatic heterocycles. The van der Waals surface area contributed by atoms with Gasteiger partial charge in [-0.05, 0) is 44.1 Å². The molecule has 0 atom stereocenters. The van der Waals surface area contributed by atoms with Crippen molar-refractivity contribution in [2.24, 2.45) is 0 Å². The largest absolute Gasteiger partial charge is 0.458 e. The Hall–Kier alpha value is -1.55. The lowest BCUT2D eigenvalue weighted by Gasteiger charge is -2.11. The third-order valence-corrected chi connectivity index (χ3v) is 3.01. The zero-order chi connectivity index (χ0) is 10.8. The van der Waals surface area contributed by atoms with Gasteiger partial charge in [0.1, 0.15) is 11.5 Å². The molecule has 0 radical (unpaired) electrons. The van der Waals surface area contributed by atoms with E-state index in [2.05, 4.69) is 21.2 Å². The minimum absolute atomic E-state index is 0.867. The zero-order valence-electron chi connectivity index (χ0n) is 9.15. The number of nitrogens with zero attached hydrogens (tertiary/aromatic N) is 2. The van der Waals surface area contributed by atoms with Gasteiger partial charge in [-0.3, -0.25) is 10.00 Å². The number of H-pyrrole nitrogens is 1. The van der Waals surface area contributed by atoms with Gasteiger partial charge < -0.3 is 4.42 Å². The summed E-state index contributed by atoms with van der Waals surface area (Å²) in [5.74, 6) is 1.90. The van der Waals surface area contributed by atoms with Crippen LogP contribution < -0.4 is 0 Å². The standard InChI is InChI=1S/C12H15N3O/c1-2-8-15(7-1)9-10-3-4-12(16-10)11-5-6-13-14-11/h3-6H,1-2,7-9H2,(H,13,14). The van der Waals surface area contributed by atoms with E-state index in [9.17, 15) is 0 Å². The average molecular weight is 217 g/mol. The van der Waals surface area contributed by atoms with Crippen LogP contribution in [0.15, 0.2) is 28.8 Å². The number of nitrogens with one attached hydrogen (secondary N) is 1. The predicted molar refractivity (Wildman–Crippen MR) is 60.8 cm³/mol. The SMILES string of the molecule is c1cc(-c2ccc(CN3CCCC3)o2)[nH]n1. The first-order valence-electron chi connectivity index (χ1n) is 5.72. The van der Waals surface area contributed by atoms with Crippen molar-refractivity contribution in [3.8, 4) is 11.5 Å². The molecule has 4 nitrogen and oxygen atoms in total. The molecule has 0 aliphatic carbocycles. The summed E-state index contributed by atoms with van der Waals surface area (Å²) in [5.41, 5.74) is 0.938. The summed E-state index contributed by atoms with van der Waals surface area (Å²) in [6, 6.07) is 5.96. The van der Waals surface area contributed by atoms with Crippen LogP contribution in [-0.2, 0) is 6.54 Å². The molecule has 0 aromatic carbocycles. The van der Waals surface area contributed by atoms with Crippen LogP contribution in [0.1, 0.15) is 18.6 Å². The van der Waals surface area contributed by atoms with Gasteiger partial charge in [0.15, 0.2) is 5.76 Å². The summed E-state index contributed by atoms with van der Waals surface area (Å²) in [6.07, 6.45) is 4.36. The van der Waals surface area contributed by atoms with E-state index in [1.165, 1.54) is 25.9 Å². The Labute approximate surface area is 94.3 Å². The minimum atomic E-state index is 0.867. The molecule has 0 unspecified atom stereocenters. The first kappa shape index (κ1) is 9.66. The number of rotatable bonds is 3. The van der Waals surface area contributed by atoms with Crippen molar-refractivity contribution >= 4 is 0 Å². The van der Waals surface area contributed by atoms with E-state index < -0.39 is 0 Å². The summed E-state index contributed by atoms with van der Waals surface area (Å²) in [6.45, 7) is 3.31. The van der Waals surface area contributed by atoms with Crippen LogP contribution in [0.5, 0.6) is 0 Å². The fourth-order valence-electron chi connectivity index (χ4n) is 2.16. The average Bonchev–Trinajstić information content (AvgIpc) is 2.99. The monoisotopic (exact) mass is 217 g/mol. The molecule has 4 heteroatoms. The van der Waals surface area contributed by atoms with Crippen molar-refractivity contribution < 1.29 is 4.42 Å². The molecule has 1 aliphatic rings. The van der Waals surface area contributed by atoms with E-state index in [-0.39, 0.29) is 0 Å². The third-order valence-electron chi connectivity index (χ3n) is 3.01. The van der Waals surface area contributed by atoms with E-state index in [1.54, 1.807) is 6.20 Å². The topological polar surface area (TPSA) is 45.1 Å². The molecule has 0 bridgehead atoms. The van der Waals surface area contributed by atoms with Crippen molar-refractivity contribution in [3.05, 3.63) is 30.2 Å². The second kappa shape index (κ2) is 4.14. The Morgan fingerprint density at radius 2 is 2.12 bits per heavy atom. The number of likely N-dealkylation sites (tertiary alicyclic amines) is 1. The van der Waals surface area contributed by atoms with E-state index in [1.807, 2.05) is 12.1 Å². The maximum atomic E-state index is 5.78. The van der Waals surface area contributed by atoms with Crippen LogP contribution in [0.2, 0.25) is 0 Å². The van der Waals surface area contributed by atoms with Crippen molar-refractivity contribution in [2.45, 2.75) is 19.4 Å². The molecule has 1 N–H and O–H groups in total. The summed E-state index contributed by atoms with van der Waals surface area (Å²) in [7, 11) is 0. The van der Waals surface area contributed by atoms with Gasteiger partial charge in [-0.15, -0.1) is 0 Å². The van der Waals surface area contributed by atoms with E-state index in [4.69, 9.17) is 4.42 Å². The van der Waals surface area contributed by atoms with Gasteiger partial charge in [0.05, 0.1) is 6.54 Å². The Morgan fingerprint density at radius 1 is 1.25 bits per heavy atom. The number of aromatic nitrogens is 2. The summed E-state index contributed by atoms with van der Waals surface area (Å²) < 4.78 is 5.78. The van der Waals surface area contributed by atoms with Crippen LogP contribution >= 0.6 is 0 Å². The smallest absolute Gasteiger partial charge is 0.152 e. The molecular formula is C12H15N3O. The van der Waals surface area contributed by atoms with E-state index in [0.29, 0.717) is 0 Å². The molecule has 16 heavy (non-hydrogen) atoms. The molecule has 1 fully saturated rings. The van der Waals surface area contributed by atoms with Gasteiger partial charge >= 0.3 is 0 Å². The Balaban J connectivity index is 1.72. The van der Waals surface area contributed by atoms with Gasteiger partial charge in [-0.25, -0.2) is 0 Å². The predicted octanol–water partition coefficient (Wildman–Crippen LogP) is 2.27. The molecular weight excluding hydrogens is 202 g/mol. The zero-order valence-corrected chi connectivity index (χ0v) is 9.15. The maximum absolute atomic E-state index is 5.78. The molecule has 3 rings (SSSR count). The fourth-order valence-corrected chi connectivity index (χ4v) is 2.16. The highest BCUT2D eigenvalue weighted by molar-refractivity contribution is 5.51. The third kappa shape index (κ3) is 1.88. The highest BCUT2D eigenvalue weighted by Gasteiger charge is 2.14. The Morgan fingerprint density at radius 3 is 2.88 bits per heavy atom. The fraction of sp³-hybridized carbons (Fsp3) is 0.417. The molecule has 0 amide bonds. The van der Waals surface area contributed by atoms with Crippen molar-refractivity contribution in [3.63, 3.8) is 0 Å². The minimum Gasteiger partial charge on any atom is -0.458 e. The van der Waals surface area contributed by atoms with E-state index in [0.717, 1.165) is 23.8 Å². The first-order valence-corrected chi connectivity index (χ1v) is 5.72. The van der Waals surface area contributed by atoms with Crippen molar-refractivity contribution in [2.75, 3.05) is 13.1 Å². The summed E-state index contributed by atoms with van der Waals surface area (Å²) in [4.78, 5) is 2.43. The lowest BCUT2D eigenvalue weighted by molar-refractivity contribution is 0.299. The molecule has 0 saturated carbocycles. The molecule has 1 saturated heterocycles. The quantitative estimate of drug-likeness (QED) is 0.857. The van der Waals surface area contributed by atoms with Crippen LogP contribution in [0, 0.1) is 0 Å². The molecule has 3 heterocycles. The van der Waals surface area contributed by atoms with E-state index >= 15 is 0 Å². The van der Waals surface area contributed by atoms with Crippen molar-refractivity contribution in [1.29, 1.82) is 0 Å². The number of hydrogen-bond acceptors (Lipinski definition) is 3. The van der Waals surface area contributed by atoms with Gasteiger partial charge in [0.2, 0.25) is 0 Å². The van der Waals surface area contributed by atoms with Gasteiger partial charge in [-0.2, -0.15) is 5.10 Å². The molecule has 2 aromatic heterocycles. The second-order valence-corrected chi connectivity index (χ2v) is 4.22. The summed E-state index contributed by atoms with van der Waals surface area (Å²) in [5, 5.41) is 6.82. The van der Waals surface area contributed by atoms with Crippen LogP contribution in [0.4, 0.5) is 0 Å².